The standard InChI is InChI=1S/C15H19F3N2/c1-13(10-6-3-7-11-13)20-14(19-20,15(16,17)18)12-8-4-2-5-9-12/h2,4-5,8-9,19H,3,6-7,10-11H2,1H3. The molecule has 2 fully saturated rings. The Kier molecular flexibility index (Phi) is 3.10. The number of hydrogen-bond acceptors (Lipinski definition) is 2. The van der Waals surface area contributed by atoms with Gasteiger partial charge in [-0.25, -0.2) is 10.4 Å². The summed E-state index contributed by atoms with van der Waals surface area (Å²) in [6.07, 6.45) is 0.409. The molecule has 3 rings (SSSR count). The summed E-state index contributed by atoms with van der Waals surface area (Å²) in [6.45, 7) is 1.94. The molecule has 2 atom stereocenters. The minimum absolute atomic E-state index is 0.277. The maximum absolute atomic E-state index is 13.7. The summed E-state index contributed by atoms with van der Waals surface area (Å²) in [5.41, 5.74) is 0.521. The van der Waals surface area contributed by atoms with Crippen LogP contribution in [-0.4, -0.2) is 16.7 Å². The fraction of sp³-hybridized carbons (Fsp3) is 0.600. The van der Waals surface area contributed by atoms with Gasteiger partial charge >= 0.3 is 6.18 Å². The van der Waals surface area contributed by atoms with E-state index in [1.807, 2.05) is 6.92 Å². The molecule has 1 aliphatic heterocycles. The second-order valence-electron chi connectivity index (χ2n) is 6.08. The van der Waals surface area contributed by atoms with Gasteiger partial charge in [-0.1, -0.05) is 49.6 Å². The highest BCUT2D eigenvalue weighted by Crippen LogP contribution is 2.55. The molecule has 1 aromatic rings. The number of hydrogen-bond donors (Lipinski definition) is 1. The van der Waals surface area contributed by atoms with Crippen molar-refractivity contribution in [3.8, 4) is 0 Å². The van der Waals surface area contributed by atoms with Crippen molar-refractivity contribution in [2.24, 2.45) is 0 Å². The highest BCUT2D eigenvalue weighted by Gasteiger charge is 2.74. The molecule has 0 radical (unpaired) electrons. The van der Waals surface area contributed by atoms with Gasteiger partial charge in [-0.3, -0.25) is 0 Å². The maximum atomic E-state index is 13.7. The SMILES string of the molecule is CC1(N2NC2(c2ccccc2)C(F)(F)F)CCCCC1. The van der Waals surface area contributed by atoms with Crippen LogP contribution in [0.25, 0.3) is 0 Å². The molecule has 0 amide bonds. The smallest absolute Gasteiger partial charge is 0.219 e. The van der Waals surface area contributed by atoms with Gasteiger partial charge < -0.3 is 0 Å². The topological polar surface area (TPSA) is 25.0 Å². The molecular weight excluding hydrogens is 265 g/mol. The van der Waals surface area contributed by atoms with Crippen LogP contribution in [-0.2, 0) is 5.66 Å². The first-order valence-corrected chi connectivity index (χ1v) is 7.11. The third-order valence-electron chi connectivity index (χ3n) is 4.63. The molecule has 1 heterocycles. The lowest BCUT2D eigenvalue weighted by atomic mass is 9.82. The normalized spacial score (nSPS) is 32.9. The average molecular weight is 284 g/mol. The van der Waals surface area contributed by atoms with Crippen LogP contribution in [0.4, 0.5) is 13.2 Å². The van der Waals surface area contributed by atoms with Gasteiger partial charge in [0.1, 0.15) is 0 Å². The van der Waals surface area contributed by atoms with Gasteiger partial charge in [0, 0.05) is 5.54 Å². The fourth-order valence-electron chi connectivity index (χ4n) is 3.44. The van der Waals surface area contributed by atoms with Crippen LogP contribution in [0.15, 0.2) is 30.3 Å². The molecular formula is C15H19F3N2. The molecule has 1 saturated heterocycles. The van der Waals surface area contributed by atoms with Crippen LogP contribution in [0, 0.1) is 0 Å². The molecule has 0 bridgehead atoms. The summed E-state index contributed by atoms with van der Waals surface area (Å²) >= 11 is 0. The van der Waals surface area contributed by atoms with Crippen LogP contribution >= 0.6 is 0 Å². The van der Waals surface area contributed by atoms with Gasteiger partial charge in [0.05, 0.1) is 0 Å². The van der Waals surface area contributed by atoms with Crippen molar-refractivity contribution in [3.05, 3.63) is 35.9 Å². The first-order chi connectivity index (χ1) is 9.40. The van der Waals surface area contributed by atoms with Gasteiger partial charge in [0.15, 0.2) is 0 Å². The Bertz CT molecular complexity index is 480. The Morgan fingerprint density at radius 2 is 1.65 bits per heavy atom. The zero-order chi connectivity index (χ0) is 14.4. The molecule has 2 aliphatic rings. The quantitative estimate of drug-likeness (QED) is 0.832. The van der Waals surface area contributed by atoms with Crippen LogP contribution < -0.4 is 5.43 Å². The Hall–Kier alpha value is -1.07. The molecule has 20 heavy (non-hydrogen) atoms. The van der Waals surface area contributed by atoms with Crippen LogP contribution in [0.1, 0.15) is 44.6 Å². The molecule has 1 aromatic carbocycles. The lowest BCUT2D eigenvalue weighted by Crippen LogP contribution is -2.45. The third-order valence-corrected chi connectivity index (χ3v) is 4.63. The monoisotopic (exact) mass is 284 g/mol. The molecule has 0 spiro atoms. The van der Waals surface area contributed by atoms with Gasteiger partial charge in [0.2, 0.25) is 5.66 Å². The average Bonchev–Trinajstić information content (AvgIpc) is 3.18. The fourth-order valence-corrected chi connectivity index (χ4v) is 3.44. The van der Waals surface area contributed by atoms with Crippen LogP contribution in [0.3, 0.4) is 0 Å². The number of nitrogens with one attached hydrogen (secondary N) is 1. The van der Waals surface area contributed by atoms with E-state index in [1.165, 1.54) is 5.01 Å². The van der Waals surface area contributed by atoms with Crippen LogP contribution in [0.5, 0.6) is 0 Å². The van der Waals surface area contributed by atoms with Gasteiger partial charge in [-0.15, -0.1) is 0 Å². The van der Waals surface area contributed by atoms with Crippen molar-refractivity contribution in [3.63, 3.8) is 0 Å². The van der Waals surface area contributed by atoms with E-state index in [4.69, 9.17) is 0 Å². The van der Waals surface area contributed by atoms with Crippen molar-refractivity contribution >= 4 is 0 Å². The molecule has 5 heteroatoms. The number of benzene rings is 1. The number of hydrazine groups is 1. The summed E-state index contributed by atoms with van der Waals surface area (Å²) in [7, 11) is 0. The molecule has 110 valence electrons. The van der Waals surface area contributed by atoms with E-state index < -0.39 is 17.4 Å². The molecule has 1 saturated carbocycles. The molecule has 2 nitrogen and oxygen atoms in total. The number of rotatable bonds is 2. The second kappa shape index (κ2) is 4.46. The number of nitrogens with zero attached hydrogens (tertiary/aromatic N) is 1. The van der Waals surface area contributed by atoms with Crippen LogP contribution in [0.2, 0.25) is 0 Å². The third kappa shape index (κ3) is 1.95. The number of alkyl halides is 3. The second-order valence-corrected chi connectivity index (χ2v) is 6.08. The van der Waals surface area contributed by atoms with E-state index in [0.29, 0.717) is 0 Å². The summed E-state index contributed by atoms with van der Waals surface area (Å²) < 4.78 is 41.0. The largest absolute Gasteiger partial charge is 0.427 e. The Balaban J connectivity index is 1.96. The van der Waals surface area contributed by atoms with Crippen molar-refractivity contribution in [2.45, 2.75) is 56.4 Å². The predicted molar refractivity (Wildman–Crippen MR) is 70.6 cm³/mol. The minimum Gasteiger partial charge on any atom is -0.219 e. The van der Waals surface area contributed by atoms with Crippen molar-refractivity contribution < 1.29 is 13.2 Å². The first-order valence-electron chi connectivity index (χ1n) is 7.11. The predicted octanol–water partition coefficient (Wildman–Crippen LogP) is 3.94. The Morgan fingerprint density at radius 3 is 2.20 bits per heavy atom. The summed E-state index contributed by atoms with van der Waals surface area (Å²) in [5, 5.41) is 1.44. The molecule has 1 aliphatic carbocycles. The minimum atomic E-state index is -4.32. The van der Waals surface area contributed by atoms with Gasteiger partial charge in [-0.05, 0) is 25.3 Å². The Labute approximate surface area is 116 Å². The molecule has 0 aromatic heterocycles. The van der Waals surface area contributed by atoms with E-state index >= 15 is 0 Å². The van der Waals surface area contributed by atoms with E-state index in [0.717, 1.165) is 32.1 Å². The van der Waals surface area contributed by atoms with Gasteiger partial charge in [0.25, 0.3) is 0 Å². The lowest BCUT2D eigenvalue weighted by molar-refractivity contribution is -0.182. The van der Waals surface area contributed by atoms with E-state index in [-0.39, 0.29) is 5.56 Å². The highest BCUT2D eigenvalue weighted by atomic mass is 19.4. The van der Waals surface area contributed by atoms with E-state index in [1.54, 1.807) is 30.3 Å². The zero-order valence-electron chi connectivity index (χ0n) is 11.5. The first kappa shape index (κ1) is 13.9. The molecule has 1 N–H and O–H groups in total. The van der Waals surface area contributed by atoms with Crippen molar-refractivity contribution in [1.29, 1.82) is 0 Å². The lowest BCUT2D eigenvalue weighted by Gasteiger charge is -2.36. The Morgan fingerprint density at radius 1 is 1.05 bits per heavy atom. The van der Waals surface area contributed by atoms with Crippen molar-refractivity contribution in [2.75, 3.05) is 0 Å². The van der Waals surface area contributed by atoms with E-state index in [9.17, 15) is 13.2 Å². The van der Waals surface area contributed by atoms with E-state index in [2.05, 4.69) is 5.43 Å². The molecule has 2 unspecified atom stereocenters. The number of halogens is 3. The van der Waals surface area contributed by atoms with Gasteiger partial charge in [-0.2, -0.15) is 13.2 Å². The summed E-state index contributed by atoms with van der Waals surface area (Å²) in [6, 6.07) is 8.15. The van der Waals surface area contributed by atoms with Crippen molar-refractivity contribution in [1.82, 2.24) is 10.4 Å². The highest BCUT2D eigenvalue weighted by molar-refractivity contribution is 5.32. The summed E-state index contributed by atoms with van der Waals surface area (Å²) in [5.74, 6) is 0. The maximum Gasteiger partial charge on any atom is 0.427 e. The zero-order valence-corrected chi connectivity index (χ0v) is 11.5. The summed E-state index contributed by atoms with van der Waals surface area (Å²) in [4.78, 5) is 0.